The zero-order valence-corrected chi connectivity index (χ0v) is 13.8. The van der Waals surface area contributed by atoms with E-state index in [9.17, 15) is 19.8 Å². The monoisotopic (exact) mass is 361 g/mol. The highest BCUT2D eigenvalue weighted by Gasteiger charge is 2.35. The van der Waals surface area contributed by atoms with Gasteiger partial charge in [-0.05, 0) is 41.6 Å². The van der Waals surface area contributed by atoms with Crippen LogP contribution < -0.4 is 0 Å². The topological polar surface area (TPSA) is 77.8 Å². The Hall–Kier alpha value is -2.44. The van der Waals surface area contributed by atoms with E-state index in [0.29, 0.717) is 5.02 Å². The van der Waals surface area contributed by atoms with Gasteiger partial charge in [-0.2, -0.15) is 0 Å². The van der Waals surface area contributed by atoms with Gasteiger partial charge < -0.3 is 10.2 Å². The number of phenolic OH excluding ortho intramolecular Hbond substituents is 2. The van der Waals surface area contributed by atoms with E-state index in [1.54, 1.807) is 30.3 Å². The van der Waals surface area contributed by atoms with Crippen molar-refractivity contribution in [2.75, 3.05) is 0 Å². The number of benzene rings is 2. The number of hydrogen-bond acceptors (Lipinski definition) is 5. The summed E-state index contributed by atoms with van der Waals surface area (Å²) >= 11 is 6.70. The normalized spacial score (nSPS) is 16.2. The van der Waals surface area contributed by atoms with Crippen LogP contribution in [0.2, 0.25) is 5.02 Å². The summed E-state index contributed by atoms with van der Waals surface area (Å²) in [6.07, 6.45) is 1.39. The average molecular weight is 362 g/mol. The van der Waals surface area contributed by atoms with E-state index in [2.05, 4.69) is 0 Å². The zero-order valence-electron chi connectivity index (χ0n) is 12.3. The molecule has 3 rings (SSSR count). The van der Waals surface area contributed by atoms with Crippen molar-refractivity contribution in [2.45, 2.75) is 6.54 Å². The molecule has 0 atom stereocenters. The van der Waals surface area contributed by atoms with Crippen LogP contribution in [0.1, 0.15) is 11.1 Å². The lowest BCUT2D eigenvalue weighted by Gasteiger charge is -2.12. The average Bonchev–Trinajstić information content (AvgIpc) is 2.79. The van der Waals surface area contributed by atoms with E-state index in [-0.39, 0.29) is 28.5 Å². The largest absolute Gasteiger partial charge is 0.504 e. The third-order valence-corrected chi connectivity index (χ3v) is 4.58. The number of hydrogen-bond donors (Lipinski definition) is 2. The first-order valence-corrected chi connectivity index (χ1v) is 8.16. The molecule has 7 heteroatoms. The molecule has 0 unspecified atom stereocenters. The minimum Gasteiger partial charge on any atom is -0.504 e. The van der Waals surface area contributed by atoms with Crippen molar-refractivity contribution >= 4 is 40.6 Å². The van der Waals surface area contributed by atoms with Crippen molar-refractivity contribution < 1.29 is 19.8 Å². The predicted molar refractivity (Wildman–Crippen MR) is 92.7 cm³/mol. The molecule has 0 aromatic heterocycles. The highest BCUT2D eigenvalue weighted by molar-refractivity contribution is 8.18. The Balaban J connectivity index is 1.86. The predicted octanol–water partition coefficient (Wildman–Crippen LogP) is 3.99. The molecule has 5 nitrogen and oxygen atoms in total. The van der Waals surface area contributed by atoms with Crippen LogP contribution in [0.15, 0.2) is 47.4 Å². The van der Waals surface area contributed by atoms with Gasteiger partial charge in [-0.15, -0.1) is 0 Å². The van der Waals surface area contributed by atoms with E-state index >= 15 is 0 Å². The lowest BCUT2D eigenvalue weighted by molar-refractivity contribution is -0.123. The second-order valence-corrected chi connectivity index (χ2v) is 6.54. The molecule has 0 saturated carbocycles. The van der Waals surface area contributed by atoms with Crippen molar-refractivity contribution in [2.24, 2.45) is 0 Å². The maximum atomic E-state index is 12.4. The number of carbonyl (C=O) groups is 2. The SMILES string of the molecule is O=C1SC(=Cc2cccc(O)c2O)C(=O)N1Cc1cccc(Cl)c1. The molecular weight excluding hydrogens is 350 g/mol. The van der Waals surface area contributed by atoms with Gasteiger partial charge in [0, 0.05) is 10.6 Å². The van der Waals surface area contributed by atoms with Crippen molar-refractivity contribution in [3.05, 3.63) is 63.5 Å². The smallest absolute Gasteiger partial charge is 0.293 e. The zero-order chi connectivity index (χ0) is 17.3. The number of phenols is 2. The molecule has 1 aliphatic rings. The van der Waals surface area contributed by atoms with E-state index in [1.807, 2.05) is 0 Å². The Bertz CT molecular complexity index is 865. The molecule has 2 N–H and O–H groups in total. The summed E-state index contributed by atoms with van der Waals surface area (Å²) in [6.45, 7) is 0.120. The molecule has 2 aromatic carbocycles. The number of rotatable bonds is 3. The fourth-order valence-corrected chi connectivity index (χ4v) is 3.30. The summed E-state index contributed by atoms with van der Waals surface area (Å²) in [5.74, 6) is -1.08. The summed E-state index contributed by atoms with van der Waals surface area (Å²) in [5.41, 5.74) is 1.01. The molecule has 122 valence electrons. The van der Waals surface area contributed by atoms with Crippen LogP contribution in [0.5, 0.6) is 11.5 Å². The second-order valence-electron chi connectivity index (χ2n) is 5.11. The molecule has 2 amide bonds. The minimum absolute atomic E-state index is 0.120. The molecule has 0 aliphatic carbocycles. The number of nitrogens with zero attached hydrogens (tertiary/aromatic N) is 1. The van der Waals surface area contributed by atoms with Gasteiger partial charge in [0.2, 0.25) is 0 Å². The van der Waals surface area contributed by atoms with Gasteiger partial charge in [0.25, 0.3) is 11.1 Å². The second kappa shape index (κ2) is 6.59. The Morgan fingerprint density at radius 3 is 2.62 bits per heavy atom. The van der Waals surface area contributed by atoms with Crippen molar-refractivity contribution in [3.8, 4) is 11.5 Å². The Morgan fingerprint density at radius 2 is 1.88 bits per heavy atom. The molecule has 24 heavy (non-hydrogen) atoms. The van der Waals surface area contributed by atoms with E-state index < -0.39 is 11.1 Å². The summed E-state index contributed by atoms with van der Waals surface area (Å²) in [6, 6.07) is 11.3. The first-order chi connectivity index (χ1) is 11.5. The molecular formula is C17H12ClNO4S. The first kappa shape index (κ1) is 16.4. The number of para-hydroxylation sites is 1. The standard InChI is InChI=1S/C17H12ClNO4S/c18-12-5-1-3-10(7-12)9-19-16(22)14(24-17(19)23)8-11-4-2-6-13(20)15(11)21/h1-8,20-21H,9H2. The summed E-state index contributed by atoms with van der Waals surface area (Å²) in [7, 11) is 0. The fraction of sp³-hybridized carbons (Fsp3) is 0.0588. The molecule has 1 heterocycles. The Kier molecular flexibility index (Phi) is 4.51. The lowest BCUT2D eigenvalue weighted by Crippen LogP contribution is -2.27. The molecule has 0 spiro atoms. The Morgan fingerprint density at radius 1 is 1.12 bits per heavy atom. The van der Waals surface area contributed by atoms with Gasteiger partial charge in [-0.3, -0.25) is 14.5 Å². The quantitative estimate of drug-likeness (QED) is 0.638. The maximum absolute atomic E-state index is 12.4. The van der Waals surface area contributed by atoms with Crippen LogP contribution in [0, 0.1) is 0 Å². The van der Waals surface area contributed by atoms with Crippen LogP contribution in [0.4, 0.5) is 4.79 Å². The van der Waals surface area contributed by atoms with Crippen LogP contribution in [-0.2, 0) is 11.3 Å². The maximum Gasteiger partial charge on any atom is 0.293 e. The van der Waals surface area contributed by atoms with Gasteiger partial charge in [-0.1, -0.05) is 35.9 Å². The summed E-state index contributed by atoms with van der Waals surface area (Å²) < 4.78 is 0. The summed E-state index contributed by atoms with van der Waals surface area (Å²) in [4.78, 5) is 25.8. The highest BCUT2D eigenvalue weighted by atomic mass is 35.5. The molecule has 1 fully saturated rings. The third kappa shape index (κ3) is 3.25. The highest BCUT2D eigenvalue weighted by Crippen LogP contribution is 2.36. The minimum atomic E-state index is -0.451. The molecule has 1 aliphatic heterocycles. The number of imide groups is 1. The number of aromatic hydroxyl groups is 2. The van der Waals surface area contributed by atoms with Crippen molar-refractivity contribution in [1.82, 2.24) is 4.90 Å². The Labute approximate surface area is 147 Å². The molecule has 0 radical (unpaired) electrons. The van der Waals surface area contributed by atoms with Crippen LogP contribution in [-0.4, -0.2) is 26.3 Å². The van der Waals surface area contributed by atoms with Crippen molar-refractivity contribution in [3.63, 3.8) is 0 Å². The third-order valence-electron chi connectivity index (χ3n) is 3.44. The number of amides is 2. The first-order valence-electron chi connectivity index (χ1n) is 6.96. The number of carbonyl (C=O) groups excluding carboxylic acids is 2. The van der Waals surface area contributed by atoms with Gasteiger partial charge in [0.05, 0.1) is 11.4 Å². The van der Waals surface area contributed by atoms with E-state index in [0.717, 1.165) is 22.2 Å². The van der Waals surface area contributed by atoms with Gasteiger partial charge in [0.15, 0.2) is 11.5 Å². The van der Waals surface area contributed by atoms with E-state index in [4.69, 9.17) is 11.6 Å². The van der Waals surface area contributed by atoms with Gasteiger partial charge >= 0.3 is 0 Å². The van der Waals surface area contributed by atoms with Gasteiger partial charge in [-0.25, -0.2) is 0 Å². The molecule has 1 saturated heterocycles. The van der Waals surface area contributed by atoms with Gasteiger partial charge in [0.1, 0.15) is 0 Å². The molecule has 0 bridgehead atoms. The van der Waals surface area contributed by atoms with Crippen molar-refractivity contribution in [1.29, 1.82) is 0 Å². The molecule has 2 aromatic rings. The van der Waals surface area contributed by atoms with Crippen LogP contribution in [0.25, 0.3) is 6.08 Å². The van der Waals surface area contributed by atoms with Crippen LogP contribution >= 0.6 is 23.4 Å². The summed E-state index contributed by atoms with van der Waals surface area (Å²) in [5, 5.41) is 19.4. The fourth-order valence-electron chi connectivity index (χ4n) is 2.26. The number of thioether (sulfide) groups is 1. The van der Waals surface area contributed by atoms with Crippen LogP contribution in [0.3, 0.4) is 0 Å². The lowest BCUT2D eigenvalue weighted by atomic mass is 10.1. The van der Waals surface area contributed by atoms with E-state index in [1.165, 1.54) is 18.2 Å². The number of halogens is 1.